The highest BCUT2D eigenvalue weighted by atomic mass is 16.1. The smallest absolute Gasteiger partial charge is 0.255 e. The standard InChI is InChI=1S/C16H16N2O2/c1-18(2)15-8-6-13(7-9-15)16(20)17-14-5-3-4-12(10-14)11-19/h3-11H,1-2H3,(H,17,20). The molecule has 20 heavy (non-hydrogen) atoms. The molecular weight excluding hydrogens is 252 g/mol. The number of rotatable bonds is 4. The van der Waals surface area contributed by atoms with Crippen LogP contribution in [0.2, 0.25) is 0 Å². The summed E-state index contributed by atoms with van der Waals surface area (Å²) in [5.74, 6) is -0.196. The zero-order chi connectivity index (χ0) is 14.5. The molecule has 0 bridgehead atoms. The van der Waals surface area contributed by atoms with E-state index in [-0.39, 0.29) is 5.91 Å². The molecule has 2 aromatic rings. The highest BCUT2D eigenvalue weighted by Gasteiger charge is 2.06. The summed E-state index contributed by atoms with van der Waals surface area (Å²) >= 11 is 0. The molecule has 0 atom stereocenters. The van der Waals surface area contributed by atoms with E-state index in [0.717, 1.165) is 12.0 Å². The van der Waals surface area contributed by atoms with Gasteiger partial charge in [0.1, 0.15) is 6.29 Å². The van der Waals surface area contributed by atoms with Gasteiger partial charge in [0.05, 0.1) is 0 Å². The molecule has 0 aliphatic rings. The first-order valence-corrected chi connectivity index (χ1v) is 6.24. The highest BCUT2D eigenvalue weighted by molar-refractivity contribution is 6.04. The number of carbonyl (C=O) groups excluding carboxylic acids is 2. The molecule has 0 aliphatic heterocycles. The van der Waals surface area contributed by atoms with Gasteiger partial charge in [-0.05, 0) is 36.4 Å². The molecule has 102 valence electrons. The van der Waals surface area contributed by atoms with Gasteiger partial charge >= 0.3 is 0 Å². The van der Waals surface area contributed by atoms with E-state index in [1.54, 1.807) is 36.4 Å². The molecular formula is C16H16N2O2. The lowest BCUT2D eigenvalue weighted by molar-refractivity contribution is 0.102. The van der Waals surface area contributed by atoms with Gasteiger partial charge in [0.2, 0.25) is 0 Å². The number of hydrogen-bond donors (Lipinski definition) is 1. The molecule has 0 saturated heterocycles. The molecule has 0 unspecified atom stereocenters. The molecule has 4 heteroatoms. The number of nitrogens with zero attached hydrogens (tertiary/aromatic N) is 1. The van der Waals surface area contributed by atoms with Crippen LogP contribution in [0.15, 0.2) is 48.5 Å². The molecule has 0 saturated carbocycles. The minimum atomic E-state index is -0.196. The van der Waals surface area contributed by atoms with Crippen molar-refractivity contribution in [1.82, 2.24) is 0 Å². The van der Waals surface area contributed by atoms with Crippen LogP contribution in [-0.4, -0.2) is 26.3 Å². The molecule has 4 nitrogen and oxygen atoms in total. The van der Waals surface area contributed by atoms with Crippen molar-refractivity contribution in [2.24, 2.45) is 0 Å². The summed E-state index contributed by atoms with van der Waals surface area (Å²) in [5, 5.41) is 2.77. The van der Waals surface area contributed by atoms with Crippen LogP contribution in [0.4, 0.5) is 11.4 Å². The second-order valence-electron chi connectivity index (χ2n) is 4.64. The molecule has 0 radical (unpaired) electrons. The normalized spacial score (nSPS) is 9.90. The maximum Gasteiger partial charge on any atom is 0.255 e. The molecule has 0 aromatic heterocycles. The van der Waals surface area contributed by atoms with E-state index in [4.69, 9.17) is 0 Å². The predicted molar refractivity (Wildman–Crippen MR) is 80.6 cm³/mol. The highest BCUT2D eigenvalue weighted by Crippen LogP contribution is 2.15. The molecule has 0 heterocycles. The Balaban J connectivity index is 2.13. The van der Waals surface area contributed by atoms with E-state index in [1.165, 1.54) is 0 Å². The van der Waals surface area contributed by atoms with Crippen molar-refractivity contribution in [3.8, 4) is 0 Å². The Hall–Kier alpha value is -2.62. The molecule has 0 spiro atoms. The van der Waals surface area contributed by atoms with E-state index in [9.17, 15) is 9.59 Å². The van der Waals surface area contributed by atoms with Crippen LogP contribution in [0.1, 0.15) is 20.7 Å². The van der Waals surface area contributed by atoms with Gasteiger partial charge in [0.25, 0.3) is 5.91 Å². The number of benzene rings is 2. The average molecular weight is 268 g/mol. The second kappa shape index (κ2) is 6.02. The SMILES string of the molecule is CN(C)c1ccc(C(=O)Nc2cccc(C=O)c2)cc1. The maximum atomic E-state index is 12.1. The lowest BCUT2D eigenvalue weighted by Gasteiger charge is -2.12. The second-order valence-corrected chi connectivity index (χ2v) is 4.64. The van der Waals surface area contributed by atoms with Crippen molar-refractivity contribution in [1.29, 1.82) is 0 Å². The number of amides is 1. The van der Waals surface area contributed by atoms with Crippen LogP contribution in [-0.2, 0) is 0 Å². The summed E-state index contributed by atoms with van der Waals surface area (Å²) in [4.78, 5) is 24.7. The Labute approximate surface area is 118 Å². The minimum Gasteiger partial charge on any atom is -0.378 e. The number of anilines is 2. The predicted octanol–water partition coefficient (Wildman–Crippen LogP) is 2.82. The monoisotopic (exact) mass is 268 g/mol. The summed E-state index contributed by atoms with van der Waals surface area (Å²) in [6, 6.07) is 14.1. The van der Waals surface area contributed by atoms with Crippen LogP contribution in [0.3, 0.4) is 0 Å². The Morgan fingerprint density at radius 1 is 1.10 bits per heavy atom. The Morgan fingerprint density at radius 2 is 1.80 bits per heavy atom. The van der Waals surface area contributed by atoms with Crippen LogP contribution >= 0.6 is 0 Å². The van der Waals surface area contributed by atoms with Crippen molar-refractivity contribution >= 4 is 23.6 Å². The molecule has 1 amide bonds. The zero-order valence-corrected chi connectivity index (χ0v) is 11.5. The summed E-state index contributed by atoms with van der Waals surface area (Å²) < 4.78 is 0. The van der Waals surface area contributed by atoms with E-state index in [1.807, 2.05) is 31.1 Å². The van der Waals surface area contributed by atoms with Crippen LogP contribution in [0.5, 0.6) is 0 Å². The zero-order valence-electron chi connectivity index (χ0n) is 11.5. The lowest BCUT2D eigenvalue weighted by atomic mass is 10.1. The maximum absolute atomic E-state index is 12.1. The van der Waals surface area contributed by atoms with Gasteiger partial charge in [-0.25, -0.2) is 0 Å². The first-order chi connectivity index (χ1) is 9.60. The van der Waals surface area contributed by atoms with Crippen molar-refractivity contribution in [2.75, 3.05) is 24.3 Å². The third kappa shape index (κ3) is 3.23. The van der Waals surface area contributed by atoms with Gasteiger partial charge in [0, 0.05) is 36.6 Å². The fourth-order valence-corrected chi connectivity index (χ4v) is 1.80. The first kappa shape index (κ1) is 13.8. The van der Waals surface area contributed by atoms with Crippen molar-refractivity contribution in [2.45, 2.75) is 0 Å². The van der Waals surface area contributed by atoms with Gasteiger partial charge in [-0.15, -0.1) is 0 Å². The fourth-order valence-electron chi connectivity index (χ4n) is 1.80. The Morgan fingerprint density at radius 3 is 2.40 bits per heavy atom. The fraction of sp³-hybridized carbons (Fsp3) is 0.125. The summed E-state index contributed by atoms with van der Waals surface area (Å²) in [6.07, 6.45) is 0.752. The Bertz CT molecular complexity index is 619. The van der Waals surface area contributed by atoms with E-state index < -0.39 is 0 Å². The number of aldehydes is 1. The third-order valence-corrected chi connectivity index (χ3v) is 2.93. The topological polar surface area (TPSA) is 49.4 Å². The molecule has 0 fully saturated rings. The summed E-state index contributed by atoms with van der Waals surface area (Å²) in [7, 11) is 3.89. The number of nitrogens with one attached hydrogen (secondary N) is 1. The van der Waals surface area contributed by atoms with Gasteiger partial charge < -0.3 is 10.2 Å². The van der Waals surface area contributed by atoms with Gasteiger partial charge in [-0.2, -0.15) is 0 Å². The summed E-state index contributed by atoms with van der Waals surface area (Å²) in [5.41, 5.74) is 2.75. The minimum absolute atomic E-state index is 0.196. The quantitative estimate of drug-likeness (QED) is 0.867. The van der Waals surface area contributed by atoms with E-state index >= 15 is 0 Å². The van der Waals surface area contributed by atoms with E-state index in [0.29, 0.717) is 16.8 Å². The average Bonchev–Trinajstić information content (AvgIpc) is 2.47. The van der Waals surface area contributed by atoms with Crippen molar-refractivity contribution in [3.05, 3.63) is 59.7 Å². The molecule has 2 rings (SSSR count). The van der Waals surface area contributed by atoms with Crippen molar-refractivity contribution in [3.63, 3.8) is 0 Å². The van der Waals surface area contributed by atoms with Gasteiger partial charge in [-0.3, -0.25) is 9.59 Å². The molecule has 2 aromatic carbocycles. The molecule has 1 N–H and O–H groups in total. The summed E-state index contributed by atoms with van der Waals surface area (Å²) in [6.45, 7) is 0. The van der Waals surface area contributed by atoms with Crippen LogP contribution < -0.4 is 10.2 Å². The Kier molecular flexibility index (Phi) is 4.15. The van der Waals surface area contributed by atoms with Crippen LogP contribution in [0, 0.1) is 0 Å². The molecule has 0 aliphatic carbocycles. The van der Waals surface area contributed by atoms with Crippen LogP contribution in [0.25, 0.3) is 0 Å². The number of hydrogen-bond acceptors (Lipinski definition) is 3. The number of carbonyl (C=O) groups is 2. The van der Waals surface area contributed by atoms with Crippen molar-refractivity contribution < 1.29 is 9.59 Å². The van der Waals surface area contributed by atoms with Gasteiger partial charge in [0.15, 0.2) is 0 Å². The van der Waals surface area contributed by atoms with E-state index in [2.05, 4.69) is 5.32 Å². The first-order valence-electron chi connectivity index (χ1n) is 6.24. The van der Waals surface area contributed by atoms with Gasteiger partial charge in [-0.1, -0.05) is 12.1 Å². The third-order valence-electron chi connectivity index (χ3n) is 2.93. The largest absolute Gasteiger partial charge is 0.378 e. The lowest BCUT2D eigenvalue weighted by Crippen LogP contribution is -2.13.